The molecule has 1 aliphatic carbocycles. The fourth-order valence-electron chi connectivity index (χ4n) is 4.69. The van der Waals surface area contributed by atoms with Gasteiger partial charge >= 0.3 is 0 Å². The smallest absolute Gasteiger partial charge is 0.207 e. The number of methoxy groups -OCH3 is 1. The van der Waals surface area contributed by atoms with E-state index in [0.717, 1.165) is 61.2 Å². The Labute approximate surface area is 209 Å². The van der Waals surface area contributed by atoms with Crippen LogP contribution in [0.3, 0.4) is 0 Å². The van der Waals surface area contributed by atoms with Gasteiger partial charge in [0.05, 0.1) is 31.4 Å². The van der Waals surface area contributed by atoms with Crippen LogP contribution < -0.4 is 20.3 Å². The minimum absolute atomic E-state index is 0.0507. The van der Waals surface area contributed by atoms with Gasteiger partial charge in [-0.05, 0) is 31.7 Å². The summed E-state index contributed by atoms with van der Waals surface area (Å²) in [5, 5.41) is 6.19. The molecule has 0 unspecified atom stereocenters. The molecule has 1 aromatic carbocycles. The fraction of sp³-hybridized carbons (Fsp3) is 0.520. The Bertz CT molecular complexity index is 1150. The second kappa shape index (κ2) is 11.6. The summed E-state index contributed by atoms with van der Waals surface area (Å²) in [6, 6.07) is 4.24. The molecule has 11 heteroatoms. The van der Waals surface area contributed by atoms with Crippen LogP contribution in [-0.4, -0.2) is 78.6 Å². The van der Waals surface area contributed by atoms with Gasteiger partial charge in [0.1, 0.15) is 17.6 Å². The van der Waals surface area contributed by atoms with Crippen LogP contribution in [0.5, 0.6) is 5.75 Å². The fourth-order valence-corrected chi connectivity index (χ4v) is 4.69. The normalized spacial score (nSPS) is 20.3. The summed E-state index contributed by atoms with van der Waals surface area (Å²) in [7, 11) is 1.60. The predicted octanol–water partition coefficient (Wildman–Crippen LogP) is 3.26. The van der Waals surface area contributed by atoms with Gasteiger partial charge < -0.3 is 29.7 Å². The average molecular weight is 498 g/mol. The van der Waals surface area contributed by atoms with Gasteiger partial charge in [0.25, 0.3) is 0 Å². The lowest BCUT2D eigenvalue weighted by Crippen LogP contribution is -2.36. The maximum Gasteiger partial charge on any atom is 0.207 e. The molecule has 3 aromatic rings. The number of anilines is 3. The van der Waals surface area contributed by atoms with Gasteiger partial charge in [0.2, 0.25) is 5.82 Å². The van der Waals surface area contributed by atoms with Gasteiger partial charge in [0.15, 0.2) is 11.6 Å². The van der Waals surface area contributed by atoms with Crippen molar-refractivity contribution in [3.05, 3.63) is 36.7 Å². The van der Waals surface area contributed by atoms with Crippen molar-refractivity contribution in [2.45, 2.75) is 37.8 Å². The van der Waals surface area contributed by atoms with Crippen LogP contribution >= 0.6 is 0 Å². The summed E-state index contributed by atoms with van der Waals surface area (Å²) in [5.41, 5.74) is 2.66. The molecule has 0 spiro atoms. The number of nitrogens with zero attached hydrogens (tertiary/aromatic N) is 5. The molecule has 0 bridgehead atoms. The Morgan fingerprint density at radius 2 is 1.81 bits per heavy atom. The summed E-state index contributed by atoms with van der Waals surface area (Å²) in [4.78, 5) is 19.4. The van der Waals surface area contributed by atoms with Crippen molar-refractivity contribution >= 4 is 28.4 Å². The number of rotatable bonds is 9. The number of hydrogen-bond donors (Lipinski definition) is 2. The Morgan fingerprint density at radius 1 is 1.03 bits per heavy atom. The van der Waals surface area contributed by atoms with Gasteiger partial charge in [-0.1, -0.05) is 0 Å². The van der Waals surface area contributed by atoms with Gasteiger partial charge in [-0.3, -0.25) is 4.98 Å². The standard InChI is InChI=1S/C25H32FN7O3/c1-34-11-8-29-24-22(26)25(31-16-30-24)32-17-2-4-19(5-3-17)36-21-15-18(33-9-12-35-13-10-33)14-20-23(21)28-7-6-27-20/h6-7,14-17,19H,2-5,8-13H2,1H3,(H2,29,30,31,32). The lowest BCUT2D eigenvalue weighted by Gasteiger charge is -2.31. The van der Waals surface area contributed by atoms with Crippen LogP contribution in [-0.2, 0) is 9.47 Å². The van der Waals surface area contributed by atoms with Crippen molar-refractivity contribution in [3.63, 3.8) is 0 Å². The van der Waals surface area contributed by atoms with Gasteiger partial charge in [-0.25, -0.2) is 15.0 Å². The van der Waals surface area contributed by atoms with E-state index in [1.165, 1.54) is 6.33 Å². The highest BCUT2D eigenvalue weighted by molar-refractivity contribution is 5.85. The number of ether oxygens (including phenoxy) is 3. The zero-order valence-corrected chi connectivity index (χ0v) is 20.5. The first-order valence-electron chi connectivity index (χ1n) is 12.4. The molecule has 2 aromatic heterocycles. The Balaban J connectivity index is 1.22. The van der Waals surface area contributed by atoms with Crippen LogP contribution in [0.15, 0.2) is 30.9 Å². The zero-order chi connectivity index (χ0) is 24.7. The van der Waals surface area contributed by atoms with E-state index in [1.54, 1.807) is 19.5 Å². The molecular formula is C25H32FN7O3. The highest BCUT2D eigenvalue weighted by Gasteiger charge is 2.25. The van der Waals surface area contributed by atoms with E-state index in [-0.39, 0.29) is 23.8 Å². The van der Waals surface area contributed by atoms with Crippen molar-refractivity contribution in [2.24, 2.45) is 0 Å². The number of hydrogen-bond acceptors (Lipinski definition) is 10. The molecule has 192 valence electrons. The Morgan fingerprint density at radius 3 is 2.61 bits per heavy atom. The van der Waals surface area contributed by atoms with Crippen LogP contribution in [0.4, 0.5) is 21.7 Å². The third-order valence-corrected chi connectivity index (χ3v) is 6.60. The minimum atomic E-state index is -0.475. The molecule has 0 amide bonds. The summed E-state index contributed by atoms with van der Waals surface area (Å²) in [6.07, 6.45) is 8.17. The van der Waals surface area contributed by atoms with Crippen molar-refractivity contribution < 1.29 is 18.6 Å². The maximum absolute atomic E-state index is 14.8. The van der Waals surface area contributed by atoms with E-state index in [4.69, 9.17) is 14.2 Å². The molecule has 0 atom stereocenters. The van der Waals surface area contributed by atoms with Crippen molar-refractivity contribution in [1.82, 2.24) is 19.9 Å². The zero-order valence-electron chi connectivity index (χ0n) is 20.5. The third-order valence-electron chi connectivity index (χ3n) is 6.60. The van der Waals surface area contributed by atoms with Crippen LogP contribution in [0.25, 0.3) is 11.0 Å². The molecule has 5 rings (SSSR count). The minimum Gasteiger partial charge on any atom is -0.488 e. The monoisotopic (exact) mass is 497 g/mol. The molecule has 36 heavy (non-hydrogen) atoms. The molecule has 1 aliphatic heterocycles. The van der Waals surface area contributed by atoms with Crippen LogP contribution in [0.1, 0.15) is 25.7 Å². The molecule has 1 saturated heterocycles. The lowest BCUT2D eigenvalue weighted by atomic mass is 9.93. The summed E-state index contributed by atoms with van der Waals surface area (Å²) >= 11 is 0. The Hall–Kier alpha value is -3.31. The summed E-state index contributed by atoms with van der Waals surface area (Å²) < 4.78 is 31.8. The Kier molecular flexibility index (Phi) is 7.87. The van der Waals surface area contributed by atoms with E-state index in [2.05, 4.69) is 47.6 Å². The number of aromatic nitrogens is 4. The molecule has 2 fully saturated rings. The summed E-state index contributed by atoms with van der Waals surface area (Å²) in [5.74, 6) is 0.674. The quantitative estimate of drug-likeness (QED) is 0.428. The highest BCUT2D eigenvalue weighted by Crippen LogP contribution is 2.33. The number of benzene rings is 1. The third kappa shape index (κ3) is 5.73. The molecule has 2 N–H and O–H groups in total. The maximum atomic E-state index is 14.8. The molecule has 2 aliphatic rings. The van der Waals surface area contributed by atoms with E-state index in [1.807, 2.05) is 0 Å². The lowest BCUT2D eigenvalue weighted by molar-refractivity contribution is 0.122. The molecule has 10 nitrogen and oxygen atoms in total. The topological polar surface area (TPSA) is 107 Å². The van der Waals surface area contributed by atoms with Crippen LogP contribution in [0, 0.1) is 5.82 Å². The van der Waals surface area contributed by atoms with Crippen LogP contribution in [0.2, 0.25) is 0 Å². The first kappa shape index (κ1) is 24.4. The number of fused-ring (bicyclic) bond motifs is 1. The van der Waals surface area contributed by atoms with E-state index in [0.29, 0.717) is 26.4 Å². The first-order valence-corrected chi connectivity index (χ1v) is 12.4. The van der Waals surface area contributed by atoms with Crippen molar-refractivity contribution in [3.8, 4) is 5.75 Å². The number of morpholine rings is 1. The van der Waals surface area contributed by atoms with Crippen molar-refractivity contribution in [1.29, 1.82) is 0 Å². The number of halogens is 1. The van der Waals surface area contributed by atoms with Gasteiger partial charge in [0, 0.05) is 56.9 Å². The van der Waals surface area contributed by atoms with Crippen molar-refractivity contribution in [2.75, 3.05) is 62.1 Å². The molecule has 1 saturated carbocycles. The molecule has 3 heterocycles. The molecule has 0 radical (unpaired) electrons. The van der Waals surface area contributed by atoms with E-state index < -0.39 is 5.82 Å². The largest absolute Gasteiger partial charge is 0.488 e. The SMILES string of the molecule is COCCNc1ncnc(NC2CCC(Oc3cc(N4CCOCC4)cc4nccnc34)CC2)c1F. The van der Waals surface area contributed by atoms with Gasteiger partial charge in [-0.15, -0.1) is 0 Å². The summed E-state index contributed by atoms with van der Waals surface area (Å²) in [6.45, 7) is 4.04. The second-order valence-electron chi connectivity index (χ2n) is 9.01. The predicted molar refractivity (Wildman–Crippen MR) is 135 cm³/mol. The van der Waals surface area contributed by atoms with E-state index in [9.17, 15) is 4.39 Å². The second-order valence-corrected chi connectivity index (χ2v) is 9.01. The first-order chi connectivity index (χ1) is 17.7. The highest BCUT2D eigenvalue weighted by atomic mass is 19.1. The van der Waals surface area contributed by atoms with E-state index >= 15 is 0 Å². The number of nitrogens with one attached hydrogen (secondary N) is 2. The average Bonchev–Trinajstić information content (AvgIpc) is 2.92. The molecular weight excluding hydrogens is 465 g/mol. The van der Waals surface area contributed by atoms with Gasteiger partial charge in [-0.2, -0.15) is 4.39 Å².